The Bertz CT molecular complexity index is 772. The molecule has 0 unspecified atom stereocenters. The van der Waals surface area contributed by atoms with E-state index in [1.54, 1.807) is 48.5 Å². The van der Waals surface area contributed by atoms with E-state index in [1.807, 2.05) is 0 Å². The second-order valence-corrected chi connectivity index (χ2v) is 16.6. The van der Waals surface area contributed by atoms with Crippen LogP contribution in [0.25, 0.3) is 0 Å². The first-order chi connectivity index (χ1) is 14.9. The fourth-order valence-corrected chi connectivity index (χ4v) is 11.6. The number of rotatable bonds is 12. The van der Waals surface area contributed by atoms with Gasteiger partial charge in [0.15, 0.2) is 0 Å². The van der Waals surface area contributed by atoms with E-state index >= 15 is 0 Å². The molecule has 8 nitrogen and oxygen atoms in total. The number of carbonyl (C=O) groups is 2. The topological polar surface area (TPSA) is 129 Å². The number of hydroxylamine groups is 2. The van der Waals surface area contributed by atoms with Gasteiger partial charge in [-0.05, 0) is 0 Å². The van der Waals surface area contributed by atoms with Crippen LogP contribution in [0.2, 0.25) is 8.87 Å². The van der Waals surface area contributed by atoms with Crippen LogP contribution < -0.4 is 22.4 Å². The number of carbonyl (C=O) groups excluding carboxylic acids is 2. The number of nitrogens with two attached hydrogens (primary N) is 2. The van der Waals surface area contributed by atoms with Crippen molar-refractivity contribution >= 4 is 42.4 Å². The zero-order valence-corrected chi connectivity index (χ0v) is 21.0. The summed E-state index contributed by atoms with van der Waals surface area (Å²) in [5.41, 5.74) is 18.5. The number of nitrogen functional groups attached to an aromatic ring is 2. The first kappa shape index (κ1) is 25.0. The van der Waals surface area contributed by atoms with Gasteiger partial charge in [-0.15, -0.1) is 0 Å². The van der Waals surface area contributed by atoms with E-state index in [9.17, 15) is 9.59 Å². The number of unbranched alkanes of at least 4 members (excludes halogenated alkanes) is 2. The average molecular weight is 535 g/mol. The van der Waals surface area contributed by atoms with E-state index in [0.29, 0.717) is 31.4 Å². The Morgan fingerprint density at radius 3 is 1.42 bits per heavy atom. The van der Waals surface area contributed by atoms with Crippen LogP contribution in [0.3, 0.4) is 0 Å². The van der Waals surface area contributed by atoms with Crippen molar-refractivity contribution in [2.75, 3.05) is 11.5 Å². The summed E-state index contributed by atoms with van der Waals surface area (Å²) in [6.45, 7) is 4.16. The quantitative estimate of drug-likeness (QED) is 0.185. The van der Waals surface area contributed by atoms with E-state index in [4.69, 9.17) is 17.8 Å². The molecule has 2 aromatic rings. The van der Waals surface area contributed by atoms with Crippen molar-refractivity contribution in [2.45, 2.75) is 48.4 Å². The van der Waals surface area contributed by atoms with Crippen LogP contribution in [0, 0.1) is 0 Å². The molecule has 0 saturated heterocycles. The van der Waals surface area contributed by atoms with Gasteiger partial charge in [0.05, 0.1) is 0 Å². The van der Waals surface area contributed by atoms with Gasteiger partial charge in [0.2, 0.25) is 0 Å². The molecule has 2 rings (SSSR count). The van der Waals surface area contributed by atoms with E-state index in [-0.39, 0.29) is 11.8 Å². The number of anilines is 2. The van der Waals surface area contributed by atoms with E-state index in [0.717, 1.165) is 25.7 Å². The zero-order chi connectivity index (χ0) is 22.7. The molecular weight excluding hydrogens is 503 g/mol. The summed E-state index contributed by atoms with van der Waals surface area (Å²) in [6.07, 6.45) is 3.68. The number of benzene rings is 2. The molecule has 0 spiro atoms. The normalized spacial score (nSPS) is 11.2. The molecule has 6 N–H and O–H groups in total. The third-order valence-electron chi connectivity index (χ3n) is 4.83. The summed E-state index contributed by atoms with van der Waals surface area (Å²) < 4.78 is 13.4. The van der Waals surface area contributed by atoms with Crippen LogP contribution >= 0.6 is 0 Å². The van der Waals surface area contributed by atoms with Crippen LogP contribution in [0.5, 0.6) is 0 Å². The van der Waals surface area contributed by atoms with Crippen molar-refractivity contribution < 1.29 is 15.9 Å². The zero-order valence-electron chi connectivity index (χ0n) is 18.1. The van der Waals surface area contributed by atoms with Crippen molar-refractivity contribution in [1.82, 2.24) is 11.0 Å². The standard InChI is InChI=1S/2C7H7N2O2.2C4H9.Sn/c2*8-6-3-1-5(2-4-6)7(10)9-11;2*1-3-4-2;/h2*1-4H,(H3-,8,9,10,11);2*1,3-4H2,2H3;/q2*-1;;;+2. The summed E-state index contributed by atoms with van der Waals surface area (Å²) >= 11 is -3.87. The second kappa shape index (κ2) is 12.5. The molecule has 31 heavy (non-hydrogen) atoms. The summed E-state index contributed by atoms with van der Waals surface area (Å²) in [7, 11) is 0. The van der Waals surface area contributed by atoms with Gasteiger partial charge in [0.25, 0.3) is 0 Å². The van der Waals surface area contributed by atoms with E-state index < -0.39 is 19.2 Å². The molecule has 0 atom stereocenters. The van der Waals surface area contributed by atoms with Crippen LogP contribution in [0.15, 0.2) is 48.5 Å². The number of amides is 2. The maximum absolute atomic E-state index is 12.5. The number of hydrogen-bond donors (Lipinski definition) is 4. The molecular formula is C22H32N4O4Sn. The minimum atomic E-state index is -3.87. The van der Waals surface area contributed by atoms with Crippen molar-refractivity contribution in [3.63, 3.8) is 0 Å². The second-order valence-electron chi connectivity index (χ2n) is 7.43. The summed E-state index contributed by atoms with van der Waals surface area (Å²) in [5, 5.41) is 0. The molecule has 0 aliphatic carbocycles. The van der Waals surface area contributed by atoms with E-state index in [1.165, 1.54) is 0 Å². The van der Waals surface area contributed by atoms with Crippen molar-refractivity contribution in [3.05, 3.63) is 59.7 Å². The molecule has 0 aliphatic heterocycles. The fourth-order valence-electron chi connectivity index (χ4n) is 2.91. The third-order valence-corrected chi connectivity index (χ3v) is 13.9. The SMILES string of the molecule is CCC[CH2][Sn]([CH2]CCC)([O]NC(=O)c1ccc(N)cc1)[O]NC(=O)c1ccc(N)cc1. The van der Waals surface area contributed by atoms with Gasteiger partial charge in [-0.1, -0.05) is 0 Å². The van der Waals surface area contributed by atoms with Crippen molar-refractivity contribution in [1.29, 1.82) is 0 Å². The van der Waals surface area contributed by atoms with Crippen LogP contribution in [0.1, 0.15) is 60.2 Å². The Hall–Kier alpha value is -2.30. The molecule has 0 fully saturated rings. The fraction of sp³-hybridized carbons (Fsp3) is 0.364. The summed E-state index contributed by atoms with van der Waals surface area (Å²) in [4.78, 5) is 25.1. The average Bonchev–Trinajstić information content (AvgIpc) is 2.78. The van der Waals surface area contributed by atoms with Crippen molar-refractivity contribution in [2.24, 2.45) is 0 Å². The first-order valence-electron chi connectivity index (χ1n) is 10.6. The van der Waals surface area contributed by atoms with Crippen LogP contribution in [-0.4, -0.2) is 31.0 Å². The monoisotopic (exact) mass is 536 g/mol. The number of hydrogen-bond acceptors (Lipinski definition) is 6. The summed E-state index contributed by atoms with van der Waals surface area (Å²) in [5.74, 6) is -0.745. The Kier molecular flexibility index (Phi) is 10.1. The van der Waals surface area contributed by atoms with Crippen LogP contribution in [-0.2, 0) is 6.35 Å². The van der Waals surface area contributed by atoms with Crippen molar-refractivity contribution in [3.8, 4) is 0 Å². The molecule has 0 heterocycles. The Labute approximate surface area is 188 Å². The van der Waals surface area contributed by atoms with Gasteiger partial charge >= 0.3 is 189 Å². The van der Waals surface area contributed by atoms with E-state index in [2.05, 4.69) is 24.8 Å². The van der Waals surface area contributed by atoms with Gasteiger partial charge < -0.3 is 0 Å². The van der Waals surface area contributed by atoms with Gasteiger partial charge in [-0.3, -0.25) is 0 Å². The van der Waals surface area contributed by atoms with Crippen LogP contribution in [0.4, 0.5) is 11.4 Å². The minimum absolute atomic E-state index is 0.373. The molecule has 0 aliphatic rings. The van der Waals surface area contributed by atoms with Gasteiger partial charge in [0.1, 0.15) is 0 Å². The Morgan fingerprint density at radius 2 is 1.10 bits per heavy atom. The first-order valence-corrected chi connectivity index (χ1v) is 16.9. The molecule has 0 aromatic heterocycles. The third kappa shape index (κ3) is 8.04. The maximum atomic E-state index is 12.5. The molecule has 0 saturated carbocycles. The molecule has 168 valence electrons. The molecule has 2 aromatic carbocycles. The summed E-state index contributed by atoms with van der Waals surface area (Å²) in [6, 6.07) is 13.2. The number of nitrogens with one attached hydrogen (secondary N) is 2. The molecule has 0 bridgehead atoms. The molecule has 2 amide bonds. The van der Waals surface area contributed by atoms with Gasteiger partial charge in [0, 0.05) is 0 Å². The Morgan fingerprint density at radius 1 is 0.742 bits per heavy atom. The molecule has 0 radical (unpaired) electrons. The predicted octanol–water partition coefficient (Wildman–Crippen LogP) is 3.92. The van der Waals surface area contributed by atoms with Gasteiger partial charge in [-0.2, -0.15) is 0 Å². The molecule has 9 heteroatoms. The van der Waals surface area contributed by atoms with Gasteiger partial charge in [-0.25, -0.2) is 0 Å². The predicted molar refractivity (Wildman–Crippen MR) is 124 cm³/mol. The Balaban J connectivity index is 2.11.